The number of morpholine rings is 1. The van der Waals surface area contributed by atoms with E-state index in [0.29, 0.717) is 55.2 Å². The molecule has 2 aliphatic rings. The molecule has 47 heavy (non-hydrogen) atoms. The van der Waals surface area contributed by atoms with Crippen LogP contribution < -0.4 is 21.3 Å². The maximum absolute atomic E-state index is 15.1. The maximum Gasteiger partial charge on any atom is 0.407 e. The van der Waals surface area contributed by atoms with Crippen molar-refractivity contribution in [3.05, 3.63) is 89.5 Å². The number of anilines is 2. The quantitative estimate of drug-likeness (QED) is 0.208. The number of halogens is 3. The first-order chi connectivity index (χ1) is 22.7. The number of carbonyl (C=O) groups excluding carboxylic acids is 2. The second-order valence-corrected chi connectivity index (χ2v) is 12.1. The third kappa shape index (κ3) is 10.1. The first-order valence-corrected chi connectivity index (χ1v) is 15.8. The van der Waals surface area contributed by atoms with Gasteiger partial charge in [0.05, 0.1) is 42.4 Å². The van der Waals surface area contributed by atoms with E-state index in [2.05, 4.69) is 26.3 Å². The molecular formula is C34H40F3N5O5. The summed E-state index contributed by atoms with van der Waals surface area (Å²) < 4.78 is 59.1. The average Bonchev–Trinajstić information content (AvgIpc) is 3.51. The van der Waals surface area contributed by atoms with Crippen LogP contribution in [0.1, 0.15) is 37.3 Å². The summed E-state index contributed by atoms with van der Waals surface area (Å²) in [7, 11) is 0. The second-order valence-electron chi connectivity index (χ2n) is 12.1. The van der Waals surface area contributed by atoms with E-state index in [9.17, 15) is 18.4 Å². The highest BCUT2D eigenvalue weighted by Crippen LogP contribution is 2.25. The Morgan fingerprint density at radius 3 is 2.51 bits per heavy atom. The topological polar surface area (TPSA) is 123 Å². The molecule has 252 valence electrons. The predicted molar refractivity (Wildman–Crippen MR) is 170 cm³/mol. The zero-order valence-corrected chi connectivity index (χ0v) is 26.2. The second kappa shape index (κ2) is 16.1. The van der Waals surface area contributed by atoms with Crippen molar-refractivity contribution < 1.29 is 37.0 Å². The number of ether oxygens (including phenoxy) is 3. The lowest BCUT2D eigenvalue weighted by atomic mass is 10.0. The lowest BCUT2D eigenvalue weighted by Gasteiger charge is -2.30. The number of pyridine rings is 1. The molecule has 1 aromatic heterocycles. The van der Waals surface area contributed by atoms with Crippen LogP contribution in [0.25, 0.3) is 0 Å². The molecule has 5 rings (SSSR count). The number of benzene rings is 2. The van der Waals surface area contributed by atoms with Crippen molar-refractivity contribution in [1.82, 2.24) is 15.6 Å². The fourth-order valence-corrected chi connectivity index (χ4v) is 5.58. The lowest BCUT2D eigenvalue weighted by Crippen LogP contribution is -2.49. The predicted octanol–water partition coefficient (Wildman–Crippen LogP) is 4.75. The molecule has 13 heteroatoms. The van der Waals surface area contributed by atoms with Gasteiger partial charge in [-0.05, 0) is 74.6 Å². The smallest absolute Gasteiger partial charge is 0.407 e. The molecule has 4 atom stereocenters. The van der Waals surface area contributed by atoms with Crippen LogP contribution in [-0.4, -0.2) is 73.7 Å². The average molecular weight is 656 g/mol. The van der Waals surface area contributed by atoms with E-state index < -0.39 is 35.5 Å². The van der Waals surface area contributed by atoms with E-state index in [4.69, 9.17) is 14.2 Å². The number of nitrogens with zero attached hydrogens (tertiary/aromatic N) is 1. The van der Waals surface area contributed by atoms with Crippen LogP contribution in [0.3, 0.4) is 0 Å². The van der Waals surface area contributed by atoms with Crippen molar-refractivity contribution >= 4 is 23.4 Å². The van der Waals surface area contributed by atoms with Crippen molar-refractivity contribution in [2.45, 2.75) is 62.8 Å². The van der Waals surface area contributed by atoms with Gasteiger partial charge in [0.1, 0.15) is 30.1 Å². The molecule has 0 bridgehead atoms. The molecule has 2 amide bonds. The van der Waals surface area contributed by atoms with Gasteiger partial charge in [-0.25, -0.2) is 18.0 Å². The molecule has 10 nitrogen and oxygen atoms in total. The molecule has 0 radical (unpaired) electrons. The number of hydrogen-bond donors (Lipinski definition) is 4. The largest absolute Gasteiger partial charge is 0.448 e. The van der Waals surface area contributed by atoms with Crippen LogP contribution in [0.15, 0.2) is 60.9 Å². The third-order valence-electron chi connectivity index (χ3n) is 8.32. The Morgan fingerprint density at radius 1 is 1.09 bits per heavy atom. The normalized spacial score (nSPS) is 21.5. The van der Waals surface area contributed by atoms with Crippen molar-refractivity contribution in [2.24, 2.45) is 0 Å². The summed E-state index contributed by atoms with van der Waals surface area (Å²) in [5.41, 5.74) is 1.38. The fraction of sp³-hybridized carbons (Fsp3) is 0.441. The number of alkyl carbamates (subject to hydrolysis) is 1. The van der Waals surface area contributed by atoms with Gasteiger partial charge in [-0.15, -0.1) is 0 Å². The van der Waals surface area contributed by atoms with Crippen molar-refractivity contribution in [2.75, 3.05) is 43.5 Å². The van der Waals surface area contributed by atoms with Gasteiger partial charge in [0.25, 0.3) is 0 Å². The summed E-state index contributed by atoms with van der Waals surface area (Å²) in [6.07, 6.45) is 4.61. The molecule has 3 aromatic rings. The molecule has 1 unspecified atom stereocenters. The molecule has 0 saturated carbocycles. The highest BCUT2D eigenvalue weighted by atomic mass is 19.1. The van der Waals surface area contributed by atoms with Gasteiger partial charge in [-0.2, -0.15) is 0 Å². The highest BCUT2D eigenvalue weighted by molar-refractivity contribution is 5.96. The van der Waals surface area contributed by atoms with E-state index in [-0.39, 0.29) is 37.2 Å². The maximum atomic E-state index is 15.1. The van der Waals surface area contributed by atoms with E-state index >= 15 is 4.39 Å². The van der Waals surface area contributed by atoms with Crippen LogP contribution >= 0.6 is 0 Å². The molecule has 3 heterocycles. The molecule has 2 aliphatic heterocycles. The van der Waals surface area contributed by atoms with Crippen molar-refractivity contribution in [3.8, 4) is 0 Å². The Bertz CT molecular complexity index is 1480. The minimum absolute atomic E-state index is 0.138. The number of aromatic nitrogens is 1. The van der Waals surface area contributed by atoms with Gasteiger partial charge in [0, 0.05) is 37.4 Å². The van der Waals surface area contributed by atoms with Crippen LogP contribution in [0, 0.1) is 17.5 Å². The zero-order valence-electron chi connectivity index (χ0n) is 26.2. The van der Waals surface area contributed by atoms with Gasteiger partial charge in [0.15, 0.2) is 0 Å². The van der Waals surface area contributed by atoms with E-state index in [0.717, 1.165) is 19.0 Å². The Hall–Kier alpha value is -4.20. The van der Waals surface area contributed by atoms with Crippen LogP contribution in [0.5, 0.6) is 0 Å². The van der Waals surface area contributed by atoms with Gasteiger partial charge in [0.2, 0.25) is 5.91 Å². The fourth-order valence-electron chi connectivity index (χ4n) is 5.58. The monoisotopic (exact) mass is 655 g/mol. The van der Waals surface area contributed by atoms with Gasteiger partial charge < -0.3 is 35.5 Å². The molecule has 0 aliphatic carbocycles. The number of carbonyl (C=O) groups is 2. The summed E-state index contributed by atoms with van der Waals surface area (Å²) in [5, 5.41) is 12.0. The number of nitrogens with one attached hydrogen (secondary N) is 4. The van der Waals surface area contributed by atoms with Gasteiger partial charge >= 0.3 is 6.09 Å². The molecule has 0 spiro atoms. The van der Waals surface area contributed by atoms with Gasteiger partial charge in [-0.1, -0.05) is 12.1 Å². The first kappa shape index (κ1) is 34.1. The van der Waals surface area contributed by atoms with Crippen molar-refractivity contribution in [1.29, 1.82) is 0 Å². The highest BCUT2D eigenvalue weighted by Gasteiger charge is 2.31. The standard InChI is InChI=1S/C34H40F3N5O5/c1-34(13-2-14-47-34)21-40-33(44)46-20-26-19-45-27(16-39-26)11-12-28-29(37)17-38-18-31(28)42-30(15-22-3-5-23(35)6-4-22)32(43)41-25-9-7-24(36)8-10-25/h3-10,17-18,26-27,30,39,42H,2,11-16,19-21H2,1H3,(H,40,44)(H,41,43)/t26-,27+,30-,34?/m0/s1. The summed E-state index contributed by atoms with van der Waals surface area (Å²) in [4.78, 5) is 29.5. The van der Waals surface area contributed by atoms with Crippen LogP contribution in [0.2, 0.25) is 0 Å². The minimum Gasteiger partial charge on any atom is -0.448 e. The SMILES string of the molecule is CC1(CNC(=O)OC[C@@H]2CO[C@H](CCc3c(F)cncc3N[C@@H](Cc3ccc(F)cc3)C(=O)Nc3ccc(F)cc3)CN2)CCCO1. The molecule has 4 N–H and O–H groups in total. The molecule has 2 aromatic carbocycles. The van der Waals surface area contributed by atoms with E-state index in [1.54, 1.807) is 12.1 Å². The Labute approximate surface area is 271 Å². The minimum atomic E-state index is -0.896. The molecule has 2 saturated heterocycles. The van der Waals surface area contributed by atoms with E-state index in [1.807, 2.05) is 6.92 Å². The van der Waals surface area contributed by atoms with Crippen LogP contribution in [0.4, 0.5) is 29.3 Å². The van der Waals surface area contributed by atoms with E-state index in [1.165, 1.54) is 42.6 Å². The van der Waals surface area contributed by atoms with Gasteiger partial charge in [-0.3, -0.25) is 9.78 Å². The Kier molecular flexibility index (Phi) is 11.7. The lowest BCUT2D eigenvalue weighted by molar-refractivity contribution is -0.116. The Morgan fingerprint density at radius 2 is 1.83 bits per heavy atom. The molecule has 2 fully saturated rings. The number of rotatable bonds is 13. The number of hydrogen-bond acceptors (Lipinski definition) is 8. The summed E-state index contributed by atoms with van der Waals surface area (Å²) >= 11 is 0. The molecular weight excluding hydrogens is 615 g/mol. The zero-order chi connectivity index (χ0) is 33.2. The summed E-state index contributed by atoms with van der Waals surface area (Å²) in [6.45, 7) is 3.97. The summed E-state index contributed by atoms with van der Waals surface area (Å²) in [6, 6.07) is 10.0. The number of amides is 2. The third-order valence-corrected chi connectivity index (χ3v) is 8.32. The van der Waals surface area contributed by atoms with Crippen LogP contribution in [-0.2, 0) is 31.8 Å². The summed E-state index contributed by atoms with van der Waals surface area (Å²) in [5.74, 6) is -1.83. The first-order valence-electron chi connectivity index (χ1n) is 15.8. The Balaban J connectivity index is 1.15. The van der Waals surface area contributed by atoms with Crippen molar-refractivity contribution in [3.63, 3.8) is 0 Å².